The van der Waals surface area contributed by atoms with E-state index in [1.54, 1.807) is 0 Å². The normalized spacial score (nSPS) is 14.1. The van der Waals surface area contributed by atoms with E-state index < -0.39 is 0 Å². The Morgan fingerprint density at radius 3 is 2.06 bits per heavy atom. The van der Waals surface area contributed by atoms with Crippen LogP contribution in [0.1, 0.15) is 26.7 Å². The van der Waals surface area contributed by atoms with Gasteiger partial charge in [0.1, 0.15) is 0 Å². The second kappa shape index (κ2) is 8.97. The topological polar surface area (TPSA) is 18.5 Å². The summed E-state index contributed by atoms with van der Waals surface area (Å²) in [6.45, 7) is 8.03. The first-order valence-electron chi connectivity index (χ1n) is 6.44. The van der Waals surface area contributed by atoms with Crippen LogP contribution in [0.5, 0.6) is 0 Å². The molecule has 98 valence electrons. The molecule has 0 aliphatic carbocycles. The van der Waals surface area contributed by atoms with Gasteiger partial charge in [-0.25, -0.2) is 0 Å². The van der Waals surface area contributed by atoms with E-state index in [1.807, 2.05) is 0 Å². The van der Waals surface area contributed by atoms with Gasteiger partial charge >= 0.3 is 0 Å². The van der Waals surface area contributed by atoms with Crippen LogP contribution in [0.4, 0.5) is 0 Å². The van der Waals surface area contributed by atoms with E-state index >= 15 is 0 Å². The summed E-state index contributed by atoms with van der Waals surface area (Å²) < 4.78 is 0. The van der Waals surface area contributed by atoms with E-state index in [9.17, 15) is 0 Å². The zero-order valence-electron chi connectivity index (χ0n) is 12.1. The van der Waals surface area contributed by atoms with Gasteiger partial charge in [-0.05, 0) is 60.0 Å². The van der Waals surface area contributed by atoms with Crippen molar-refractivity contribution in [2.45, 2.75) is 32.7 Å². The highest BCUT2D eigenvalue weighted by molar-refractivity contribution is 4.71. The third-order valence-corrected chi connectivity index (χ3v) is 2.56. The van der Waals surface area contributed by atoms with Crippen molar-refractivity contribution < 1.29 is 0 Å². The van der Waals surface area contributed by atoms with Crippen molar-refractivity contribution >= 4 is 0 Å². The highest BCUT2D eigenvalue weighted by atomic mass is 15.1. The molecule has 1 atom stereocenters. The predicted molar refractivity (Wildman–Crippen MR) is 73.0 cm³/mol. The molecule has 0 rings (SSSR count). The Labute approximate surface area is 102 Å². The van der Waals surface area contributed by atoms with Gasteiger partial charge in [-0.2, -0.15) is 0 Å². The van der Waals surface area contributed by atoms with Crippen LogP contribution >= 0.6 is 0 Å². The maximum absolute atomic E-state index is 3.67. The van der Waals surface area contributed by atoms with Gasteiger partial charge in [-0.1, -0.05) is 13.8 Å². The van der Waals surface area contributed by atoms with Crippen molar-refractivity contribution in [3.63, 3.8) is 0 Å². The standard InChI is InChI=1S/C13H31N3/c1-12(2)10-13(11-16(5)6)14-8-7-9-15(3)4/h12-14H,7-11H2,1-6H3. The predicted octanol–water partition coefficient (Wildman–Crippen LogP) is 1.50. The molecule has 0 saturated heterocycles. The summed E-state index contributed by atoms with van der Waals surface area (Å²) in [5.74, 6) is 0.770. The molecule has 3 heteroatoms. The molecule has 0 aromatic heterocycles. The second-order valence-electron chi connectivity index (χ2n) is 5.70. The lowest BCUT2D eigenvalue weighted by Crippen LogP contribution is -2.40. The minimum Gasteiger partial charge on any atom is -0.313 e. The van der Waals surface area contributed by atoms with Crippen molar-refractivity contribution in [1.82, 2.24) is 15.1 Å². The summed E-state index contributed by atoms with van der Waals surface area (Å²) in [6.07, 6.45) is 2.50. The molecule has 0 aliphatic rings. The van der Waals surface area contributed by atoms with E-state index in [0.29, 0.717) is 6.04 Å². The third-order valence-electron chi connectivity index (χ3n) is 2.56. The first-order valence-corrected chi connectivity index (χ1v) is 6.44. The van der Waals surface area contributed by atoms with Crippen LogP contribution in [-0.4, -0.2) is 63.7 Å². The summed E-state index contributed by atoms with van der Waals surface area (Å²) >= 11 is 0. The number of likely N-dealkylation sites (N-methyl/N-ethyl adjacent to an activating group) is 1. The summed E-state index contributed by atoms with van der Waals surface area (Å²) in [4.78, 5) is 4.51. The smallest absolute Gasteiger partial charge is 0.0197 e. The van der Waals surface area contributed by atoms with Gasteiger partial charge < -0.3 is 15.1 Å². The zero-order valence-corrected chi connectivity index (χ0v) is 12.1. The first-order chi connectivity index (χ1) is 7.41. The van der Waals surface area contributed by atoms with Crippen LogP contribution in [-0.2, 0) is 0 Å². The lowest BCUT2D eigenvalue weighted by molar-refractivity contribution is 0.300. The molecule has 0 spiro atoms. The van der Waals surface area contributed by atoms with E-state index in [4.69, 9.17) is 0 Å². The van der Waals surface area contributed by atoms with Crippen LogP contribution in [0, 0.1) is 5.92 Å². The molecule has 0 bridgehead atoms. The summed E-state index contributed by atoms with van der Waals surface area (Å²) in [6, 6.07) is 0.636. The van der Waals surface area contributed by atoms with Crippen molar-refractivity contribution in [2.75, 3.05) is 47.8 Å². The zero-order chi connectivity index (χ0) is 12.6. The number of nitrogens with zero attached hydrogens (tertiary/aromatic N) is 2. The highest BCUT2D eigenvalue weighted by Crippen LogP contribution is 2.05. The van der Waals surface area contributed by atoms with E-state index in [0.717, 1.165) is 19.0 Å². The number of hydrogen-bond donors (Lipinski definition) is 1. The van der Waals surface area contributed by atoms with E-state index in [2.05, 4.69) is 57.2 Å². The number of rotatable bonds is 9. The summed E-state index contributed by atoms with van der Waals surface area (Å²) in [5, 5.41) is 3.67. The van der Waals surface area contributed by atoms with Crippen LogP contribution in [0.25, 0.3) is 0 Å². The Kier molecular flexibility index (Phi) is 8.90. The van der Waals surface area contributed by atoms with Crippen LogP contribution < -0.4 is 5.32 Å². The Morgan fingerprint density at radius 2 is 1.62 bits per heavy atom. The quantitative estimate of drug-likeness (QED) is 0.605. The second-order valence-corrected chi connectivity index (χ2v) is 5.70. The molecule has 0 heterocycles. The lowest BCUT2D eigenvalue weighted by atomic mass is 10.0. The molecule has 0 saturated carbocycles. The lowest BCUT2D eigenvalue weighted by Gasteiger charge is -2.24. The molecule has 0 fully saturated rings. The molecule has 0 aromatic rings. The maximum atomic E-state index is 3.67. The van der Waals surface area contributed by atoms with Gasteiger partial charge in [-0.3, -0.25) is 0 Å². The largest absolute Gasteiger partial charge is 0.313 e. The monoisotopic (exact) mass is 229 g/mol. The van der Waals surface area contributed by atoms with E-state index in [1.165, 1.54) is 19.4 Å². The van der Waals surface area contributed by atoms with Crippen molar-refractivity contribution in [3.8, 4) is 0 Å². The fourth-order valence-electron chi connectivity index (χ4n) is 1.93. The Hall–Kier alpha value is -0.120. The Bertz CT molecular complexity index is 145. The number of nitrogens with one attached hydrogen (secondary N) is 1. The fourth-order valence-corrected chi connectivity index (χ4v) is 1.93. The maximum Gasteiger partial charge on any atom is 0.0197 e. The molecule has 3 nitrogen and oxygen atoms in total. The molecular formula is C13H31N3. The van der Waals surface area contributed by atoms with Crippen molar-refractivity contribution in [2.24, 2.45) is 5.92 Å². The van der Waals surface area contributed by atoms with Gasteiger partial charge in [0.15, 0.2) is 0 Å². The van der Waals surface area contributed by atoms with Crippen LogP contribution in [0.2, 0.25) is 0 Å². The SMILES string of the molecule is CC(C)CC(CN(C)C)NCCCN(C)C. The van der Waals surface area contributed by atoms with Crippen molar-refractivity contribution in [1.29, 1.82) is 0 Å². The average molecular weight is 229 g/mol. The molecular weight excluding hydrogens is 198 g/mol. The molecule has 1 N–H and O–H groups in total. The molecule has 0 aromatic carbocycles. The molecule has 0 radical (unpaired) electrons. The summed E-state index contributed by atoms with van der Waals surface area (Å²) in [5.41, 5.74) is 0. The summed E-state index contributed by atoms with van der Waals surface area (Å²) in [7, 11) is 8.56. The van der Waals surface area contributed by atoms with Gasteiger partial charge in [0.05, 0.1) is 0 Å². The molecule has 16 heavy (non-hydrogen) atoms. The van der Waals surface area contributed by atoms with Gasteiger partial charge in [0.2, 0.25) is 0 Å². The minimum absolute atomic E-state index is 0.636. The molecule has 1 unspecified atom stereocenters. The average Bonchev–Trinajstić information content (AvgIpc) is 2.09. The molecule has 0 amide bonds. The van der Waals surface area contributed by atoms with Gasteiger partial charge in [0.25, 0.3) is 0 Å². The number of hydrogen-bond acceptors (Lipinski definition) is 3. The third kappa shape index (κ3) is 10.4. The van der Waals surface area contributed by atoms with Crippen LogP contribution in [0.3, 0.4) is 0 Å². The highest BCUT2D eigenvalue weighted by Gasteiger charge is 2.10. The van der Waals surface area contributed by atoms with E-state index in [-0.39, 0.29) is 0 Å². The Balaban J connectivity index is 3.73. The van der Waals surface area contributed by atoms with Gasteiger partial charge in [-0.15, -0.1) is 0 Å². The van der Waals surface area contributed by atoms with Crippen molar-refractivity contribution in [3.05, 3.63) is 0 Å². The Morgan fingerprint density at radius 1 is 1.00 bits per heavy atom. The fraction of sp³-hybridized carbons (Fsp3) is 1.00. The van der Waals surface area contributed by atoms with Gasteiger partial charge in [0, 0.05) is 12.6 Å². The minimum atomic E-state index is 0.636. The first kappa shape index (κ1) is 15.9. The molecule has 0 aliphatic heterocycles. The van der Waals surface area contributed by atoms with Crippen LogP contribution in [0.15, 0.2) is 0 Å².